The molecule has 0 saturated carbocycles. The standard InChI is InChI=1S/C22H23FN6O/c23-16-6-2-1-5-15(16)18-8-7-17(25)21(27-18)22(30)28-19-12-26-10-9-20(19)29-11-3-4-14(24)13-29/h1-2,5-10,12,14H,3-4,11,13,24-25H2,(H,28,30)/t14-/m1/s1. The van der Waals surface area contributed by atoms with Crippen LogP contribution in [0, 0.1) is 5.82 Å². The van der Waals surface area contributed by atoms with Gasteiger partial charge in [0.15, 0.2) is 5.69 Å². The highest BCUT2D eigenvalue weighted by molar-refractivity contribution is 6.07. The smallest absolute Gasteiger partial charge is 0.276 e. The molecular formula is C22H23FN6O. The summed E-state index contributed by atoms with van der Waals surface area (Å²) < 4.78 is 14.2. The molecule has 4 rings (SSSR count). The number of rotatable bonds is 4. The Kier molecular flexibility index (Phi) is 5.58. The minimum Gasteiger partial charge on any atom is -0.397 e. The van der Waals surface area contributed by atoms with E-state index < -0.39 is 11.7 Å². The van der Waals surface area contributed by atoms with Crippen molar-refractivity contribution >= 4 is 23.0 Å². The van der Waals surface area contributed by atoms with E-state index in [1.165, 1.54) is 6.07 Å². The number of amides is 1. The van der Waals surface area contributed by atoms with Gasteiger partial charge in [-0.15, -0.1) is 0 Å². The fraction of sp³-hybridized carbons (Fsp3) is 0.227. The van der Waals surface area contributed by atoms with Crippen LogP contribution < -0.4 is 21.7 Å². The maximum Gasteiger partial charge on any atom is 0.276 e. The van der Waals surface area contributed by atoms with E-state index in [1.807, 2.05) is 6.07 Å². The summed E-state index contributed by atoms with van der Waals surface area (Å²) in [5.74, 6) is -0.904. The predicted molar refractivity (Wildman–Crippen MR) is 116 cm³/mol. The minimum atomic E-state index is -0.485. The number of piperidine rings is 1. The van der Waals surface area contributed by atoms with Crippen LogP contribution in [0.15, 0.2) is 54.9 Å². The van der Waals surface area contributed by atoms with Crippen LogP contribution in [0.1, 0.15) is 23.3 Å². The molecule has 1 aliphatic heterocycles. The number of nitrogens with two attached hydrogens (primary N) is 2. The summed E-state index contributed by atoms with van der Waals surface area (Å²) in [6.07, 6.45) is 5.23. The van der Waals surface area contributed by atoms with Crippen molar-refractivity contribution in [1.82, 2.24) is 9.97 Å². The van der Waals surface area contributed by atoms with Gasteiger partial charge in [0.1, 0.15) is 5.82 Å². The number of nitrogen functional groups attached to an aromatic ring is 1. The van der Waals surface area contributed by atoms with Gasteiger partial charge in [-0.25, -0.2) is 9.37 Å². The monoisotopic (exact) mass is 406 g/mol. The van der Waals surface area contributed by atoms with Crippen molar-refractivity contribution in [2.24, 2.45) is 5.73 Å². The fourth-order valence-electron chi connectivity index (χ4n) is 3.64. The fourth-order valence-corrected chi connectivity index (χ4v) is 3.64. The van der Waals surface area contributed by atoms with E-state index in [0.29, 0.717) is 23.5 Å². The van der Waals surface area contributed by atoms with Crippen LogP contribution in [0.4, 0.5) is 21.5 Å². The molecule has 3 heterocycles. The van der Waals surface area contributed by atoms with Crippen LogP contribution in [0.5, 0.6) is 0 Å². The molecular weight excluding hydrogens is 383 g/mol. The third-order valence-electron chi connectivity index (χ3n) is 5.14. The second kappa shape index (κ2) is 8.46. The van der Waals surface area contributed by atoms with Crippen molar-refractivity contribution in [2.45, 2.75) is 18.9 Å². The molecule has 7 nitrogen and oxygen atoms in total. The molecule has 1 fully saturated rings. The molecule has 0 aliphatic carbocycles. The number of hydrogen-bond donors (Lipinski definition) is 3. The highest BCUT2D eigenvalue weighted by Crippen LogP contribution is 2.29. The lowest BCUT2D eigenvalue weighted by atomic mass is 10.1. The van der Waals surface area contributed by atoms with Gasteiger partial charge in [-0.05, 0) is 43.2 Å². The Morgan fingerprint density at radius 1 is 1.20 bits per heavy atom. The second-order valence-corrected chi connectivity index (χ2v) is 7.31. The van der Waals surface area contributed by atoms with E-state index in [0.717, 1.165) is 25.1 Å². The third kappa shape index (κ3) is 4.08. The number of nitrogens with one attached hydrogen (secondary N) is 1. The molecule has 0 bridgehead atoms. The number of benzene rings is 1. The first kappa shape index (κ1) is 19.8. The van der Waals surface area contributed by atoms with Gasteiger partial charge in [0, 0.05) is 30.9 Å². The molecule has 1 aliphatic rings. The van der Waals surface area contributed by atoms with Gasteiger partial charge in [0.2, 0.25) is 0 Å². The molecule has 154 valence electrons. The summed E-state index contributed by atoms with van der Waals surface area (Å²) in [5.41, 5.74) is 14.4. The van der Waals surface area contributed by atoms with Crippen molar-refractivity contribution in [1.29, 1.82) is 0 Å². The van der Waals surface area contributed by atoms with Crippen molar-refractivity contribution in [3.05, 3.63) is 66.4 Å². The van der Waals surface area contributed by atoms with Gasteiger partial charge in [0.25, 0.3) is 5.91 Å². The Balaban J connectivity index is 1.62. The summed E-state index contributed by atoms with van der Waals surface area (Å²) in [7, 11) is 0. The van der Waals surface area contributed by atoms with Crippen molar-refractivity contribution < 1.29 is 9.18 Å². The average molecular weight is 406 g/mol. The number of nitrogens with zero attached hydrogens (tertiary/aromatic N) is 3. The van der Waals surface area contributed by atoms with Crippen LogP contribution in [0.2, 0.25) is 0 Å². The highest BCUT2D eigenvalue weighted by Gasteiger charge is 2.21. The molecule has 1 aromatic carbocycles. The van der Waals surface area contributed by atoms with E-state index in [2.05, 4.69) is 20.2 Å². The Labute approximate surface area is 173 Å². The molecule has 0 radical (unpaired) electrons. The molecule has 0 spiro atoms. The predicted octanol–water partition coefficient (Wildman–Crippen LogP) is 3.04. The van der Waals surface area contributed by atoms with Crippen LogP contribution in [0.25, 0.3) is 11.3 Å². The van der Waals surface area contributed by atoms with Crippen LogP contribution >= 0.6 is 0 Å². The Morgan fingerprint density at radius 2 is 2.03 bits per heavy atom. The summed E-state index contributed by atoms with van der Waals surface area (Å²) >= 11 is 0. The van der Waals surface area contributed by atoms with Crippen LogP contribution in [0.3, 0.4) is 0 Å². The van der Waals surface area contributed by atoms with E-state index in [4.69, 9.17) is 11.5 Å². The SMILES string of the molecule is Nc1ccc(-c2ccccc2F)nc1C(=O)Nc1cnccc1N1CCC[C@@H](N)C1. The molecule has 30 heavy (non-hydrogen) atoms. The molecule has 1 saturated heterocycles. The lowest BCUT2D eigenvalue weighted by molar-refractivity contribution is 0.102. The number of anilines is 3. The number of hydrogen-bond acceptors (Lipinski definition) is 6. The molecule has 1 atom stereocenters. The summed E-state index contributed by atoms with van der Waals surface area (Å²) in [5, 5.41) is 2.85. The number of pyridine rings is 2. The normalized spacial score (nSPS) is 16.3. The van der Waals surface area contributed by atoms with Gasteiger partial charge in [-0.2, -0.15) is 0 Å². The Bertz CT molecular complexity index is 1070. The van der Waals surface area contributed by atoms with Gasteiger partial charge in [-0.1, -0.05) is 12.1 Å². The zero-order valence-electron chi connectivity index (χ0n) is 16.4. The van der Waals surface area contributed by atoms with Crippen LogP contribution in [-0.2, 0) is 0 Å². The van der Waals surface area contributed by atoms with Gasteiger partial charge in [-0.3, -0.25) is 9.78 Å². The average Bonchev–Trinajstić information content (AvgIpc) is 2.75. The Morgan fingerprint density at radius 3 is 2.83 bits per heavy atom. The van der Waals surface area contributed by atoms with Crippen molar-refractivity contribution in [3.63, 3.8) is 0 Å². The Hall–Kier alpha value is -3.52. The molecule has 2 aromatic heterocycles. The van der Waals surface area contributed by atoms with Gasteiger partial charge in [0.05, 0.1) is 29.0 Å². The topological polar surface area (TPSA) is 110 Å². The zero-order valence-corrected chi connectivity index (χ0v) is 16.4. The molecule has 0 unspecified atom stereocenters. The first-order valence-electron chi connectivity index (χ1n) is 9.80. The number of aromatic nitrogens is 2. The van der Waals surface area contributed by atoms with E-state index >= 15 is 0 Å². The maximum atomic E-state index is 14.2. The zero-order chi connectivity index (χ0) is 21.1. The highest BCUT2D eigenvalue weighted by atomic mass is 19.1. The summed E-state index contributed by atoms with van der Waals surface area (Å²) in [6, 6.07) is 11.3. The van der Waals surface area contributed by atoms with Crippen molar-refractivity contribution in [3.8, 4) is 11.3 Å². The van der Waals surface area contributed by atoms with Crippen molar-refractivity contribution in [2.75, 3.05) is 29.0 Å². The summed E-state index contributed by atoms with van der Waals surface area (Å²) in [6.45, 7) is 1.56. The molecule has 3 aromatic rings. The first-order valence-corrected chi connectivity index (χ1v) is 9.80. The first-order chi connectivity index (χ1) is 14.5. The van der Waals surface area contributed by atoms with Gasteiger partial charge < -0.3 is 21.7 Å². The lowest BCUT2D eigenvalue weighted by Gasteiger charge is -2.33. The van der Waals surface area contributed by atoms with Gasteiger partial charge >= 0.3 is 0 Å². The van der Waals surface area contributed by atoms with E-state index in [9.17, 15) is 9.18 Å². The number of halogens is 1. The largest absolute Gasteiger partial charge is 0.397 e. The third-order valence-corrected chi connectivity index (χ3v) is 5.14. The molecule has 8 heteroatoms. The van der Waals surface area contributed by atoms with Crippen LogP contribution in [-0.4, -0.2) is 35.0 Å². The second-order valence-electron chi connectivity index (χ2n) is 7.31. The minimum absolute atomic E-state index is 0.0286. The molecule has 5 N–H and O–H groups in total. The maximum absolute atomic E-state index is 14.2. The summed E-state index contributed by atoms with van der Waals surface area (Å²) in [4.78, 5) is 23.6. The van der Waals surface area contributed by atoms with E-state index in [-0.39, 0.29) is 17.4 Å². The number of carbonyl (C=O) groups excluding carboxylic acids is 1. The number of carbonyl (C=O) groups is 1. The lowest BCUT2D eigenvalue weighted by Crippen LogP contribution is -2.43. The molecule has 1 amide bonds. The quantitative estimate of drug-likeness (QED) is 0.614. The van der Waals surface area contributed by atoms with E-state index in [1.54, 1.807) is 42.7 Å².